The lowest BCUT2D eigenvalue weighted by atomic mass is 10.0. The second-order valence-corrected chi connectivity index (χ2v) is 12.8. The summed E-state index contributed by atoms with van der Waals surface area (Å²) in [6.45, 7) is 7.30. The van der Waals surface area contributed by atoms with E-state index in [1.807, 2.05) is 49.6 Å². The van der Waals surface area contributed by atoms with Crippen molar-refractivity contribution in [1.82, 2.24) is 19.9 Å². The zero-order valence-electron chi connectivity index (χ0n) is 23.4. The lowest BCUT2D eigenvalue weighted by molar-refractivity contribution is 0.0497. The van der Waals surface area contributed by atoms with E-state index >= 15 is 0 Å². The number of amides is 1. The van der Waals surface area contributed by atoms with Crippen molar-refractivity contribution in [3.8, 4) is 11.6 Å². The zero-order valence-corrected chi connectivity index (χ0v) is 24.2. The van der Waals surface area contributed by atoms with E-state index in [0.29, 0.717) is 11.3 Å². The number of fused-ring (bicyclic) bond motifs is 2. The molecule has 2 aromatic heterocycles. The molecule has 2 N–H and O–H groups in total. The van der Waals surface area contributed by atoms with Gasteiger partial charge in [0.1, 0.15) is 23.5 Å². The van der Waals surface area contributed by atoms with Gasteiger partial charge in [0, 0.05) is 30.6 Å². The number of aromatic nitrogens is 3. The van der Waals surface area contributed by atoms with Crippen molar-refractivity contribution in [2.75, 3.05) is 30.3 Å². The molecule has 0 aliphatic carbocycles. The van der Waals surface area contributed by atoms with E-state index in [4.69, 9.17) is 19.0 Å². The molecule has 0 radical (unpaired) electrons. The maximum Gasteiger partial charge on any atom is 0.407 e. The van der Waals surface area contributed by atoms with E-state index in [-0.39, 0.29) is 30.9 Å². The third-order valence-corrected chi connectivity index (χ3v) is 7.63. The highest BCUT2D eigenvalue weighted by molar-refractivity contribution is 7.85. The van der Waals surface area contributed by atoms with E-state index in [1.165, 1.54) is 0 Å². The van der Waals surface area contributed by atoms with Crippen LogP contribution < -0.4 is 15.0 Å². The van der Waals surface area contributed by atoms with Crippen LogP contribution in [-0.2, 0) is 14.9 Å². The molecule has 12 heteroatoms. The predicted molar refractivity (Wildman–Crippen MR) is 158 cm³/mol. The second-order valence-electron chi connectivity index (χ2n) is 11.2. The Bertz CT molecular complexity index is 1660. The minimum Gasteiger partial charge on any atom is -0.493 e. The summed E-state index contributed by atoms with van der Waals surface area (Å²) in [6, 6.07) is 15.7. The monoisotopic (exact) mass is 581 g/mol. The Morgan fingerprint density at radius 1 is 1.12 bits per heavy atom. The highest BCUT2D eigenvalue weighted by atomic mass is 32.2. The van der Waals surface area contributed by atoms with Gasteiger partial charge in [0.25, 0.3) is 10.1 Å². The summed E-state index contributed by atoms with van der Waals surface area (Å²) in [4.78, 5) is 24.1. The Morgan fingerprint density at radius 3 is 2.63 bits per heavy atom. The molecule has 1 amide bonds. The number of nitrogens with zero attached hydrogens (tertiary/aromatic N) is 4. The molecule has 4 aromatic rings. The van der Waals surface area contributed by atoms with Crippen LogP contribution in [0.2, 0.25) is 0 Å². The molecular weight excluding hydrogens is 546 g/mol. The maximum atomic E-state index is 12.2. The summed E-state index contributed by atoms with van der Waals surface area (Å²) in [7, 11) is -4.00. The van der Waals surface area contributed by atoms with E-state index in [1.54, 1.807) is 18.5 Å². The quantitative estimate of drug-likeness (QED) is 0.224. The molecular formula is C29H35N5O6S. The molecule has 218 valence electrons. The lowest BCUT2D eigenvalue weighted by Gasteiger charge is -2.34. The van der Waals surface area contributed by atoms with Gasteiger partial charge in [-0.25, -0.2) is 14.8 Å². The fraction of sp³-hybridized carbons (Fsp3) is 0.414. The van der Waals surface area contributed by atoms with Crippen LogP contribution in [0.4, 0.5) is 10.5 Å². The molecule has 0 unspecified atom stereocenters. The number of rotatable bonds is 8. The number of hydrogen-bond donors (Lipinski definition) is 2. The van der Waals surface area contributed by atoms with Gasteiger partial charge in [-0.3, -0.25) is 9.12 Å². The Kier molecular flexibility index (Phi) is 8.05. The van der Waals surface area contributed by atoms with E-state index in [0.717, 1.165) is 53.9 Å². The summed E-state index contributed by atoms with van der Waals surface area (Å²) in [5.41, 5.74) is 2.98. The number of imidazole rings is 1. The second kappa shape index (κ2) is 11.5. The molecule has 1 aliphatic heterocycles. The highest BCUT2D eigenvalue weighted by Gasteiger charge is 2.25. The predicted octanol–water partition coefficient (Wildman–Crippen LogP) is 4.72. The van der Waals surface area contributed by atoms with Gasteiger partial charge in [0.15, 0.2) is 0 Å². The number of ether oxygens (including phenoxy) is 2. The van der Waals surface area contributed by atoms with Crippen molar-refractivity contribution in [2.24, 2.45) is 0 Å². The summed E-state index contributed by atoms with van der Waals surface area (Å²) in [6.07, 6.45) is 3.14. The smallest absolute Gasteiger partial charge is 0.407 e. The molecule has 0 saturated carbocycles. The molecule has 2 aromatic carbocycles. The van der Waals surface area contributed by atoms with Gasteiger partial charge >= 0.3 is 6.09 Å². The van der Waals surface area contributed by atoms with Crippen LogP contribution in [-0.4, -0.2) is 70.7 Å². The average Bonchev–Trinajstić information content (AvgIpc) is 3.33. The Morgan fingerprint density at radius 2 is 1.90 bits per heavy atom. The summed E-state index contributed by atoms with van der Waals surface area (Å²) < 4.78 is 43.6. The number of nitrogens with one attached hydrogen (secondary N) is 1. The van der Waals surface area contributed by atoms with Gasteiger partial charge < -0.3 is 19.7 Å². The first-order valence-corrected chi connectivity index (χ1v) is 15.3. The molecule has 0 spiro atoms. The Hall–Kier alpha value is -3.90. The number of anilines is 1. The number of carbonyl (C=O) groups is 1. The van der Waals surface area contributed by atoms with Gasteiger partial charge in [-0.2, -0.15) is 8.42 Å². The molecule has 41 heavy (non-hydrogen) atoms. The zero-order chi connectivity index (χ0) is 29.2. The van der Waals surface area contributed by atoms with Crippen LogP contribution in [0.25, 0.3) is 27.8 Å². The first kappa shape index (κ1) is 28.6. The van der Waals surface area contributed by atoms with Gasteiger partial charge in [0.2, 0.25) is 0 Å². The van der Waals surface area contributed by atoms with Crippen LogP contribution in [0.3, 0.4) is 0 Å². The molecule has 5 rings (SSSR count). The first-order chi connectivity index (χ1) is 19.4. The standard InChI is InChI=1S/C29H35N5O6S/c1-29(2,3)40-28(35)31-21-12-14-33(15-13-21)25-7-4-6-20-8-11-26(32-27(20)25)34-19-30-23-18-22(9-10-24(23)34)39-16-5-17-41(36,37)38/h4,6-11,18-19,21H,5,12-17H2,1-3H3,(H,31,35)(H,36,37,38). The lowest BCUT2D eigenvalue weighted by Crippen LogP contribution is -2.46. The molecule has 0 bridgehead atoms. The number of piperidine rings is 1. The minimum absolute atomic E-state index is 0.0634. The third kappa shape index (κ3) is 7.25. The van der Waals surface area contributed by atoms with Crippen molar-refractivity contribution in [1.29, 1.82) is 0 Å². The van der Waals surface area contributed by atoms with Crippen LogP contribution in [0.5, 0.6) is 5.75 Å². The number of para-hydroxylation sites is 1. The molecule has 11 nitrogen and oxygen atoms in total. The van der Waals surface area contributed by atoms with Crippen molar-refractivity contribution in [3.63, 3.8) is 0 Å². The van der Waals surface area contributed by atoms with E-state index < -0.39 is 15.7 Å². The molecule has 1 saturated heterocycles. The van der Waals surface area contributed by atoms with Crippen LogP contribution >= 0.6 is 0 Å². The van der Waals surface area contributed by atoms with Crippen LogP contribution in [0, 0.1) is 0 Å². The number of carbonyl (C=O) groups excluding carboxylic acids is 1. The Balaban J connectivity index is 1.31. The molecule has 3 heterocycles. The fourth-order valence-electron chi connectivity index (χ4n) is 4.95. The largest absolute Gasteiger partial charge is 0.493 e. The third-order valence-electron chi connectivity index (χ3n) is 6.82. The minimum atomic E-state index is -4.00. The summed E-state index contributed by atoms with van der Waals surface area (Å²) in [5.74, 6) is 0.952. The first-order valence-electron chi connectivity index (χ1n) is 13.6. The van der Waals surface area contributed by atoms with Crippen LogP contribution in [0.15, 0.2) is 54.9 Å². The van der Waals surface area contributed by atoms with Crippen molar-refractivity contribution >= 4 is 43.8 Å². The van der Waals surface area contributed by atoms with Crippen LogP contribution in [0.1, 0.15) is 40.0 Å². The van der Waals surface area contributed by atoms with Crippen molar-refractivity contribution < 1.29 is 27.2 Å². The van der Waals surface area contributed by atoms with Gasteiger partial charge in [-0.1, -0.05) is 12.1 Å². The summed E-state index contributed by atoms with van der Waals surface area (Å²) >= 11 is 0. The van der Waals surface area contributed by atoms with E-state index in [9.17, 15) is 13.2 Å². The topological polar surface area (TPSA) is 136 Å². The summed E-state index contributed by atoms with van der Waals surface area (Å²) in [5, 5.41) is 4.03. The number of alkyl carbamates (subject to hydrolysis) is 1. The number of benzene rings is 2. The maximum absolute atomic E-state index is 12.2. The van der Waals surface area contributed by atoms with Crippen molar-refractivity contribution in [2.45, 2.75) is 51.7 Å². The van der Waals surface area contributed by atoms with E-state index in [2.05, 4.69) is 27.3 Å². The Labute approximate surface area is 239 Å². The normalized spacial score (nSPS) is 14.9. The molecule has 0 atom stereocenters. The SMILES string of the molecule is CC(C)(C)OC(=O)NC1CCN(c2cccc3ccc(-n4cnc5cc(OCCCS(=O)(=O)O)ccc54)nc23)CC1. The van der Waals surface area contributed by atoms with Crippen molar-refractivity contribution in [3.05, 3.63) is 54.9 Å². The van der Waals surface area contributed by atoms with Gasteiger partial charge in [-0.05, 0) is 70.4 Å². The molecule has 1 aliphatic rings. The number of hydrogen-bond acceptors (Lipinski definition) is 8. The fourth-order valence-corrected chi connectivity index (χ4v) is 5.43. The number of pyridine rings is 1. The molecule has 1 fully saturated rings. The van der Waals surface area contributed by atoms with Gasteiger partial charge in [0.05, 0.1) is 34.6 Å². The van der Waals surface area contributed by atoms with Gasteiger partial charge in [-0.15, -0.1) is 0 Å². The average molecular weight is 582 g/mol. The highest BCUT2D eigenvalue weighted by Crippen LogP contribution is 2.30.